The molecule has 0 atom stereocenters. The Morgan fingerprint density at radius 3 is 3.18 bits per heavy atom. The van der Waals surface area contributed by atoms with Crippen LogP contribution in [0.2, 0.25) is 0 Å². The average Bonchev–Trinajstić information content (AvgIpc) is 2.37. The molecule has 0 aliphatic carbocycles. The fraction of sp³-hybridized carbons (Fsp3) is 0.0833. The Hall–Kier alpha value is -2.43. The SMILES string of the molecule is O=[N+]([O-])c1cc2c(c3ncccc13)[N-]CC=C2. The number of pyridine rings is 1. The van der Waals surface area contributed by atoms with Gasteiger partial charge in [0, 0.05) is 12.3 Å². The van der Waals surface area contributed by atoms with E-state index in [2.05, 4.69) is 10.3 Å². The van der Waals surface area contributed by atoms with E-state index in [1.807, 2.05) is 12.2 Å². The maximum absolute atomic E-state index is 11.0. The molecule has 3 rings (SSSR count). The number of benzene rings is 1. The number of nitrogens with zero attached hydrogens (tertiary/aromatic N) is 3. The second-order valence-electron chi connectivity index (χ2n) is 3.73. The highest BCUT2D eigenvalue weighted by Crippen LogP contribution is 2.39. The monoisotopic (exact) mass is 226 g/mol. The molecule has 0 N–H and O–H groups in total. The summed E-state index contributed by atoms with van der Waals surface area (Å²) in [5.74, 6) is 0. The number of hydrogen-bond donors (Lipinski definition) is 0. The van der Waals surface area contributed by atoms with Crippen molar-refractivity contribution in [1.29, 1.82) is 0 Å². The molecule has 1 aromatic carbocycles. The number of aromatic nitrogens is 1. The molecule has 1 aliphatic rings. The first kappa shape index (κ1) is 9.77. The molecule has 5 heteroatoms. The number of nitro benzene ring substituents is 1. The maximum Gasteiger partial charge on any atom is 0.279 e. The Kier molecular flexibility index (Phi) is 2.04. The van der Waals surface area contributed by atoms with E-state index in [-0.39, 0.29) is 10.6 Å². The molecule has 2 heterocycles. The van der Waals surface area contributed by atoms with Crippen LogP contribution in [0.1, 0.15) is 5.56 Å². The van der Waals surface area contributed by atoms with Crippen LogP contribution >= 0.6 is 0 Å². The standard InChI is InChI=1S/C12H8N3O2/c16-15(17)10-7-8-3-1-5-13-11(8)12-9(10)4-2-6-14-12/h1-4,6-7H,5H2/q-1. The fourth-order valence-electron chi connectivity index (χ4n) is 2.00. The minimum absolute atomic E-state index is 0.0774. The van der Waals surface area contributed by atoms with E-state index < -0.39 is 0 Å². The average molecular weight is 226 g/mol. The van der Waals surface area contributed by atoms with Gasteiger partial charge in [0.05, 0.1) is 15.8 Å². The van der Waals surface area contributed by atoms with Gasteiger partial charge in [0.15, 0.2) is 0 Å². The Morgan fingerprint density at radius 1 is 1.47 bits per heavy atom. The summed E-state index contributed by atoms with van der Waals surface area (Å²) in [6.07, 6.45) is 5.35. The second kappa shape index (κ2) is 3.55. The molecule has 0 spiro atoms. The Bertz CT molecular complexity index is 649. The van der Waals surface area contributed by atoms with Crippen molar-refractivity contribution in [2.75, 3.05) is 6.54 Å². The normalized spacial score (nSPS) is 13.2. The smallest absolute Gasteiger partial charge is 0.279 e. The van der Waals surface area contributed by atoms with Crippen LogP contribution in [-0.4, -0.2) is 16.5 Å². The van der Waals surface area contributed by atoms with E-state index >= 15 is 0 Å². The first-order chi connectivity index (χ1) is 8.27. The van der Waals surface area contributed by atoms with Crippen molar-refractivity contribution in [3.63, 3.8) is 0 Å². The van der Waals surface area contributed by atoms with Crippen molar-refractivity contribution < 1.29 is 4.92 Å². The Morgan fingerprint density at radius 2 is 2.35 bits per heavy atom. The summed E-state index contributed by atoms with van der Waals surface area (Å²) in [5.41, 5.74) is 2.18. The summed E-state index contributed by atoms with van der Waals surface area (Å²) in [7, 11) is 0. The van der Waals surface area contributed by atoms with Crippen molar-refractivity contribution in [2.24, 2.45) is 0 Å². The van der Waals surface area contributed by atoms with Gasteiger partial charge in [-0.3, -0.25) is 15.1 Å². The zero-order chi connectivity index (χ0) is 11.8. The third kappa shape index (κ3) is 1.44. The van der Waals surface area contributed by atoms with Crippen LogP contribution in [-0.2, 0) is 0 Å². The van der Waals surface area contributed by atoms with Crippen LogP contribution in [0, 0.1) is 10.1 Å². The quantitative estimate of drug-likeness (QED) is 0.553. The van der Waals surface area contributed by atoms with Gasteiger partial charge in [-0.15, -0.1) is 18.3 Å². The molecule has 0 amide bonds. The van der Waals surface area contributed by atoms with Gasteiger partial charge in [-0.2, -0.15) is 0 Å². The van der Waals surface area contributed by atoms with E-state index in [1.54, 1.807) is 24.4 Å². The summed E-state index contributed by atoms with van der Waals surface area (Å²) in [5, 5.41) is 15.9. The van der Waals surface area contributed by atoms with E-state index in [0.29, 0.717) is 17.4 Å². The van der Waals surface area contributed by atoms with E-state index in [0.717, 1.165) is 11.3 Å². The number of hydrogen-bond acceptors (Lipinski definition) is 3. The van der Waals surface area contributed by atoms with Gasteiger partial charge in [-0.25, -0.2) is 0 Å². The zero-order valence-corrected chi connectivity index (χ0v) is 8.83. The lowest BCUT2D eigenvalue weighted by Gasteiger charge is -2.27. The second-order valence-corrected chi connectivity index (χ2v) is 3.73. The minimum atomic E-state index is -0.382. The van der Waals surface area contributed by atoms with E-state index in [1.165, 1.54) is 0 Å². The van der Waals surface area contributed by atoms with Crippen LogP contribution in [0.3, 0.4) is 0 Å². The molecule has 0 bridgehead atoms. The Balaban J connectivity index is 2.44. The summed E-state index contributed by atoms with van der Waals surface area (Å²) in [6, 6.07) is 4.95. The molecule has 17 heavy (non-hydrogen) atoms. The molecule has 0 fully saturated rings. The molecule has 0 radical (unpaired) electrons. The molecule has 0 saturated carbocycles. The van der Waals surface area contributed by atoms with Crippen molar-refractivity contribution in [2.45, 2.75) is 0 Å². The molecule has 1 aliphatic heterocycles. The lowest BCUT2D eigenvalue weighted by Crippen LogP contribution is -1.96. The number of rotatable bonds is 1. The van der Waals surface area contributed by atoms with Crippen LogP contribution < -0.4 is 0 Å². The van der Waals surface area contributed by atoms with Gasteiger partial charge in [-0.1, -0.05) is 6.08 Å². The minimum Gasteiger partial charge on any atom is -0.679 e. The predicted octanol–water partition coefficient (Wildman–Crippen LogP) is 3.18. The molecule has 0 saturated heterocycles. The van der Waals surface area contributed by atoms with Crippen LogP contribution in [0.5, 0.6) is 0 Å². The molecule has 5 nitrogen and oxygen atoms in total. The van der Waals surface area contributed by atoms with Gasteiger partial charge >= 0.3 is 0 Å². The lowest BCUT2D eigenvalue weighted by molar-refractivity contribution is -0.383. The number of fused-ring (bicyclic) bond motifs is 3. The summed E-state index contributed by atoms with van der Waals surface area (Å²) >= 11 is 0. The predicted molar refractivity (Wildman–Crippen MR) is 65.3 cm³/mol. The zero-order valence-electron chi connectivity index (χ0n) is 8.83. The fourth-order valence-corrected chi connectivity index (χ4v) is 2.00. The van der Waals surface area contributed by atoms with Crippen molar-refractivity contribution >= 4 is 28.4 Å². The molecular formula is C12H8N3O2-. The number of nitro groups is 1. The van der Waals surface area contributed by atoms with Gasteiger partial charge in [0.2, 0.25) is 0 Å². The highest BCUT2D eigenvalue weighted by atomic mass is 16.6. The largest absolute Gasteiger partial charge is 0.679 e. The first-order valence-electron chi connectivity index (χ1n) is 5.17. The van der Waals surface area contributed by atoms with Crippen LogP contribution in [0.15, 0.2) is 30.5 Å². The summed E-state index contributed by atoms with van der Waals surface area (Å²) in [6.45, 7) is 0.594. The molecule has 84 valence electrons. The highest BCUT2D eigenvalue weighted by molar-refractivity contribution is 6.02. The van der Waals surface area contributed by atoms with Gasteiger partial charge in [0.1, 0.15) is 0 Å². The maximum atomic E-state index is 11.0. The van der Waals surface area contributed by atoms with Crippen molar-refractivity contribution in [1.82, 2.24) is 4.98 Å². The Labute approximate surface area is 96.9 Å². The molecular weight excluding hydrogens is 218 g/mol. The van der Waals surface area contributed by atoms with E-state index in [9.17, 15) is 10.1 Å². The highest BCUT2D eigenvalue weighted by Gasteiger charge is 2.15. The van der Waals surface area contributed by atoms with Crippen LogP contribution in [0.25, 0.3) is 22.3 Å². The molecule has 0 unspecified atom stereocenters. The third-order valence-electron chi connectivity index (χ3n) is 2.72. The topological polar surface area (TPSA) is 70.1 Å². The van der Waals surface area contributed by atoms with Crippen molar-refractivity contribution in [3.05, 3.63) is 51.5 Å². The van der Waals surface area contributed by atoms with Gasteiger partial charge < -0.3 is 5.32 Å². The molecule has 2 aromatic rings. The first-order valence-corrected chi connectivity index (χ1v) is 5.17. The van der Waals surface area contributed by atoms with Crippen molar-refractivity contribution in [3.8, 4) is 0 Å². The third-order valence-corrected chi connectivity index (χ3v) is 2.72. The number of non-ortho nitro benzene ring substituents is 1. The van der Waals surface area contributed by atoms with Gasteiger partial charge in [0.25, 0.3) is 5.69 Å². The molecule has 1 aromatic heterocycles. The lowest BCUT2D eigenvalue weighted by atomic mass is 10.0. The van der Waals surface area contributed by atoms with Crippen LogP contribution in [0.4, 0.5) is 11.4 Å². The van der Waals surface area contributed by atoms with E-state index in [4.69, 9.17) is 0 Å². The van der Waals surface area contributed by atoms with Gasteiger partial charge in [-0.05, 0) is 17.7 Å². The summed E-state index contributed by atoms with van der Waals surface area (Å²) < 4.78 is 0. The summed E-state index contributed by atoms with van der Waals surface area (Å²) in [4.78, 5) is 14.8.